The molecule has 0 radical (unpaired) electrons. The molecule has 1 fully saturated rings. The molecule has 0 bridgehead atoms. The molecule has 4 rings (SSSR count). The molecule has 6 unspecified atom stereocenters. The van der Waals surface area contributed by atoms with Crippen LogP contribution in [-0.4, -0.2) is 87.7 Å². The Morgan fingerprint density at radius 2 is 1.82 bits per heavy atom. The molecular formula is C23H29N3O7. The molecule has 0 aromatic heterocycles. The van der Waals surface area contributed by atoms with Crippen LogP contribution in [0.3, 0.4) is 0 Å². The number of phenols is 1. The Balaban J connectivity index is 2.03. The molecule has 0 spiro atoms. The van der Waals surface area contributed by atoms with Crippen molar-refractivity contribution in [2.75, 3.05) is 21.1 Å². The number of nitrogens with zero attached hydrogens (tertiary/aromatic N) is 1. The first-order valence-electron chi connectivity index (χ1n) is 10.8. The number of primary amides is 1. The monoisotopic (exact) mass is 459 g/mol. The van der Waals surface area contributed by atoms with E-state index < -0.39 is 76.3 Å². The number of aliphatic hydroxyl groups excluding tert-OH is 2. The highest BCUT2D eigenvalue weighted by Crippen LogP contribution is 2.56. The Labute approximate surface area is 190 Å². The van der Waals surface area contributed by atoms with E-state index in [1.807, 2.05) is 6.92 Å². The quantitative estimate of drug-likeness (QED) is 0.311. The number of carbonyl (C=O) groups is 3. The number of likely N-dealkylation sites (N-methyl/N-ethyl adjacent to an activating group) is 2. The van der Waals surface area contributed by atoms with Gasteiger partial charge in [0.05, 0.1) is 23.8 Å². The Morgan fingerprint density at radius 1 is 1.18 bits per heavy atom. The van der Waals surface area contributed by atoms with E-state index in [1.165, 1.54) is 18.0 Å². The van der Waals surface area contributed by atoms with E-state index in [4.69, 9.17) is 5.73 Å². The minimum absolute atomic E-state index is 0.0930. The van der Waals surface area contributed by atoms with Gasteiger partial charge in [-0.1, -0.05) is 19.1 Å². The van der Waals surface area contributed by atoms with Crippen molar-refractivity contribution in [3.8, 4) is 5.75 Å². The van der Waals surface area contributed by atoms with E-state index in [-0.39, 0.29) is 11.3 Å². The van der Waals surface area contributed by atoms with Gasteiger partial charge in [0.2, 0.25) is 0 Å². The van der Waals surface area contributed by atoms with E-state index in [1.54, 1.807) is 26.2 Å². The van der Waals surface area contributed by atoms with Gasteiger partial charge in [0, 0.05) is 17.8 Å². The van der Waals surface area contributed by atoms with E-state index in [9.17, 15) is 34.8 Å². The number of ketones is 2. The standard InChI is InChI=1S/C23H29N3O7/c1-8-9-6-5-7-10(27)12(9)17(28)13-11(8)18(29)15-16(26(3)4)19(30)14(22(24)32)21(31)23(15,33)20(13)25-2/h5-8,11,13,15-16,18,20,25,27,29,31,33H,1-4H3,(H2,24,32)/t8?,11?,13?,15?,16-,18?,20?,23-/m0/s1. The highest BCUT2D eigenvalue weighted by atomic mass is 16.3. The smallest absolute Gasteiger partial charge is 0.255 e. The number of fused-ring (bicyclic) bond motifs is 3. The van der Waals surface area contributed by atoms with Gasteiger partial charge in [0.15, 0.2) is 11.6 Å². The Morgan fingerprint density at radius 3 is 2.36 bits per heavy atom. The first-order valence-corrected chi connectivity index (χ1v) is 10.8. The maximum absolute atomic E-state index is 13.7. The average molecular weight is 459 g/mol. The zero-order valence-electron chi connectivity index (χ0n) is 18.8. The van der Waals surface area contributed by atoms with E-state index >= 15 is 0 Å². The van der Waals surface area contributed by atoms with Gasteiger partial charge in [-0.05, 0) is 38.7 Å². The first-order chi connectivity index (χ1) is 15.4. The van der Waals surface area contributed by atoms with E-state index in [0.717, 1.165) is 0 Å². The summed E-state index contributed by atoms with van der Waals surface area (Å²) in [5.41, 5.74) is 2.92. The average Bonchev–Trinajstić information content (AvgIpc) is 2.73. The van der Waals surface area contributed by atoms with Crippen molar-refractivity contribution >= 4 is 17.5 Å². The van der Waals surface area contributed by atoms with E-state index in [0.29, 0.717) is 5.56 Å². The third-order valence-corrected chi connectivity index (χ3v) is 7.80. The molecular weight excluding hydrogens is 430 g/mol. The van der Waals surface area contributed by atoms with Gasteiger partial charge < -0.3 is 31.5 Å². The van der Waals surface area contributed by atoms with Crippen LogP contribution < -0.4 is 11.1 Å². The van der Waals surface area contributed by atoms with Crippen LogP contribution >= 0.6 is 0 Å². The predicted molar refractivity (Wildman–Crippen MR) is 116 cm³/mol. The molecule has 1 aromatic rings. The maximum Gasteiger partial charge on any atom is 0.255 e. The summed E-state index contributed by atoms with van der Waals surface area (Å²) in [5.74, 6) is -7.21. The number of Topliss-reactive ketones (excluding diaryl/α,β-unsaturated/α-hetero) is 2. The number of phenolic OH excluding ortho intramolecular Hbond substituents is 1. The van der Waals surface area contributed by atoms with Gasteiger partial charge in [-0.3, -0.25) is 19.3 Å². The number of aromatic hydroxyl groups is 1. The summed E-state index contributed by atoms with van der Waals surface area (Å²) in [6.45, 7) is 1.81. The summed E-state index contributed by atoms with van der Waals surface area (Å²) >= 11 is 0. The van der Waals surface area contributed by atoms with Gasteiger partial charge in [0.1, 0.15) is 22.7 Å². The van der Waals surface area contributed by atoms with Gasteiger partial charge in [0.25, 0.3) is 5.91 Å². The normalized spacial score (nSPS) is 38.1. The minimum Gasteiger partial charge on any atom is -0.508 e. The van der Waals surface area contributed by atoms with Crippen LogP contribution in [0.5, 0.6) is 5.75 Å². The van der Waals surface area contributed by atoms with Crippen molar-refractivity contribution in [2.24, 2.45) is 23.5 Å². The molecule has 1 amide bonds. The zero-order valence-corrected chi connectivity index (χ0v) is 18.8. The number of nitrogens with one attached hydrogen (secondary N) is 1. The van der Waals surface area contributed by atoms with Gasteiger partial charge in [-0.25, -0.2) is 0 Å². The lowest BCUT2D eigenvalue weighted by Crippen LogP contribution is -2.76. The Kier molecular flexibility index (Phi) is 5.40. The summed E-state index contributed by atoms with van der Waals surface area (Å²) in [5, 5.41) is 48.0. The number of hydrogen-bond acceptors (Lipinski definition) is 9. The molecule has 3 aliphatic rings. The molecule has 3 aliphatic carbocycles. The number of nitrogens with two attached hydrogens (primary N) is 1. The molecule has 1 saturated carbocycles. The van der Waals surface area contributed by atoms with Gasteiger partial charge >= 0.3 is 0 Å². The van der Waals surface area contributed by atoms with Gasteiger partial charge in [-0.15, -0.1) is 0 Å². The molecule has 7 N–H and O–H groups in total. The second-order valence-electron chi connectivity index (χ2n) is 9.47. The maximum atomic E-state index is 13.7. The van der Waals surface area contributed by atoms with Crippen LogP contribution in [0.15, 0.2) is 29.5 Å². The topological polar surface area (TPSA) is 173 Å². The van der Waals surface area contributed by atoms with Crippen molar-refractivity contribution in [1.82, 2.24) is 10.2 Å². The fourth-order valence-electron chi connectivity index (χ4n) is 6.48. The molecule has 0 aliphatic heterocycles. The lowest BCUT2D eigenvalue weighted by molar-refractivity contribution is -0.186. The third-order valence-electron chi connectivity index (χ3n) is 7.80. The molecule has 0 heterocycles. The van der Waals surface area contributed by atoms with Crippen molar-refractivity contribution in [2.45, 2.75) is 36.6 Å². The van der Waals surface area contributed by atoms with Crippen LogP contribution in [0.25, 0.3) is 0 Å². The molecule has 8 atom stereocenters. The van der Waals surface area contributed by atoms with Crippen LogP contribution in [0.4, 0.5) is 0 Å². The Bertz CT molecular complexity index is 1080. The van der Waals surface area contributed by atoms with Crippen LogP contribution in [-0.2, 0) is 9.59 Å². The van der Waals surface area contributed by atoms with Crippen molar-refractivity contribution in [1.29, 1.82) is 0 Å². The fourth-order valence-corrected chi connectivity index (χ4v) is 6.48. The number of benzene rings is 1. The Hall–Kier alpha value is -2.79. The summed E-state index contributed by atoms with van der Waals surface area (Å²) in [4.78, 5) is 40.4. The number of carbonyl (C=O) groups excluding carboxylic acids is 3. The molecule has 0 saturated heterocycles. The molecule has 178 valence electrons. The minimum atomic E-state index is -2.36. The largest absolute Gasteiger partial charge is 0.508 e. The highest BCUT2D eigenvalue weighted by molar-refractivity contribution is 6.22. The number of amides is 1. The van der Waals surface area contributed by atoms with Crippen molar-refractivity contribution < 1.29 is 34.8 Å². The predicted octanol–water partition coefficient (Wildman–Crippen LogP) is -0.955. The van der Waals surface area contributed by atoms with E-state index in [2.05, 4.69) is 5.32 Å². The molecule has 10 nitrogen and oxygen atoms in total. The summed E-state index contributed by atoms with van der Waals surface area (Å²) in [6.07, 6.45) is -1.41. The summed E-state index contributed by atoms with van der Waals surface area (Å²) in [7, 11) is 4.59. The molecule has 1 aromatic carbocycles. The number of rotatable bonds is 3. The molecule has 33 heavy (non-hydrogen) atoms. The first kappa shape index (κ1) is 23.4. The second kappa shape index (κ2) is 7.63. The second-order valence-corrected chi connectivity index (χ2v) is 9.47. The fraction of sp³-hybridized carbons (Fsp3) is 0.522. The van der Waals surface area contributed by atoms with Crippen LogP contribution in [0.1, 0.15) is 28.8 Å². The van der Waals surface area contributed by atoms with Crippen molar-refractivity contribution in [3.05, 3.63) is 40.7 Å². The zero-order chi connectivity index (χ0) is 24.6. The lowest BCUT2D eigenvalue weighted by Gasteiger charge is -2.60. The van der Waals surface area contributed by atoms with Crippen molar-refractivity contribution in [3.63, 3.8) is 0 Å². The molecule has 10 heteroatoms. The van der Waals surface area contributed by atoms with Crippen LogP contribution in [0.2, 0.25) is 0 Å². The SMILES string of the molecule is CNC1C2C(=O)c3c(O)cccc3C(C)C2C(O)C2[C@H](N(C)C)C(=O)C(C(N)=O)=C(O)[C@@]12O. The van der Waals surface area contributed by atoms with Gasteiger partial charge in [-0.2, -0.15) is 0 Å². The lowest BCUT2D eigenvalue weighted by atomic mass is 9.49. The van der Waals surface area contributed by atoms with Crippen LogP contribution in [0, 0.1) is 17.8 Å². The third kappa shape index (κ3) is 2.84. The highest BCUT2D eigenvalue weighted by Gasteiger charge is 2.69. The summed E-state index contributed by atoms with van der Waals surface area (Å²) < 4.78 is 0. The summed E-state index contributed by atoms with van der Waals surface area (Å²) in [6, 6.07) is 2.32. The number of aliphatic hydroxyl groups is 3. The number of hydrogen-bond donors (Lipinski definition) is 6.